The van der Waals surface area contributed by atoms with Crippen molar-refractivity contribution in [2.75, 3.05) is 5.32 Å². The molecule has 0 fully saturated rings. The summed E-state index contributed by atoms with van der Waals surface area (Å²) in [5.74, 6) is 0.0294. The molecular weight excluding hydrogens is 341 g/mol. The Morgan fingerprint density at radius 1 is 1.12 bits per heavy atom. The van der Waals surface area contributed by atoms with Crippen molar-refractivity contribution in [2.45, 2.75) is 32.5 Å². The average molecular weight is 360 g/mol. The molecule has 3 rings (SSSR count). The number of carbonyl (C=O) groups excluding carboxylic acids is 1. The molecule has 0 saturated heterocycles. The molecule has 26 heavy (non-hydrogen) atoms. The molecular formula is C20H19F3N2O. The summed E-state index contributed by atoms with van der Waals surface area (Å²) in [6.45, 7) is 4.25. The molecule has 6 heteroatoms. The normalized spacial score (nSPS) is 11.9. The predicted molar refractivity (Wildman–Crippen MR) is 96.1 cm³/mol. The Balaban J connectivity index is 1.75. The molecule has 0 bridgehead atoms. The minimum atomic E-state index is -4.44. The SMILES string of the molecule is CC(C)c1ccc2c(ccn2CC(=O)Nc2cccc(C(F)(F)F)c2)c1. The summed E-state index contributed by atoms with van der Waals surface area (Å²) in [6, 6.07) is 12.6. The molecule has 0 aliphatic heterocycles. The number of aromatic nitrogens is 1. The summed E-state index contributed by atoms with van der Waals surface area (Å²) < 4.78 is 40.1. The second-order valence-electron chi connectivity index (χ2n) is 6.54. The first kappa shape index (κ1) is 18.0. The van der Waals surface area contributed by atoms with E-state index in [1.165, 1.54) is 17.7 Å². The molecule has 0 spiro atoms. The van der Waals surface area contributed by atoms with Crippen molar-refractivity contribution in [1.82, 2.24) is 4.57 Å². The molecule has 0 aliphatic carbocycles. The van der Waals surface area contributed by atoms with Gasteiger partial charge in [0.2, 0.25) is 5.91 Å². The van der Waals surface area contributed by atoms with Crippen LogP contribution in [-0.4, -0.2) is 10.5 Å². The first-order valence-corrected chi connectivity index (χ1v) is 8.30. The number of alkyl halides is 3. The van der Waals surface area contributed by atoms with Crippen LogP contribution in [0.2, 0.25) is 0 Å². The summed E-state index contributed by atoms with van der Waals surface area (Å²) in [4.78, 5) is 12.2. The highest BCUT2D eigenvalue weighted by molar-refractivity contribution is 5.92. The van der Waals surface area contributed by atoms with Gasteiger partial charge in [-0.05, 0) is 53.3 Å². The van der Waals surface area contributed by atoms with E-state index in [2.05, 4.69) is 25.2 Å². The highest BCUT2D eigenvalue weighted by Gasteiger charge is 2.30. The Kier molecular flexibility index (Phi) is 4.76. The van der Waals surface area contributed by atoms with E-state index in [1.807, 2.05) is 18.2 Å². The maximum atomic E-state index is 12.8. The van der Waals surface area contributed by atoms with E-state index in [1.54, 1.807) is 10.8 Å². The molecule has 1 aromatic heterocycles. The molecule has 3 aromatic rings. The van der Waals surface area contributed by atoms with Crippen molar-refractivity contribution in [3.8, 4) is 0 Å². The van der Waals surface area contributed by atoms with Crippen molar-refractivity contribution in [1.29, 1.82) is 0 Å². The highest BCUT2D eigenvalue weighted by Crippen LogP contribution is 2.30. The number of carbonyl (C=O) groups is 1. The molecule has 136 valence electrons. The molecule has 1 N–H and O–H groups in total. The number of anilines is 1. The first-order chi connectivity index (χ1) is 12.2. The van der Waals surface area contributed by atoms with E-state index in [0.717, 1.165) is 23.0 Å². The van der Waals surface area contributed by atoms with Gasteiger partial charge in [0, 0.05) is 17.4 Å². The molecule has 1 amide bonds. The number of rotatable bonds is 4. The summed E-state index contributed by atoms with van der Waals surface area (Å²) in [5.41, 5.74) is 1.46. The zero-order valence-electron chi connectivity index (χ0n) is 14.5. The minimum Gasteiger partial charge on any atom is -0.338 e. The lowest BCUT2D eigenvalue weighted by Crippen LogP contribution is -2.18. The van der Waals surface area contributed by atoms with E-state index >= 15 is 0 Å². The number of nitrogens with zero attached hydrogens (tertiary/aromatic N) is 1. The molecule has 2 aromatic carbocycles. The fourth-order valence-electron chi connectivity index (χ4n) is 2.84. The van der Waals surface area contributed by atoms with E-state index in [9.17, 15) is 18.0 Å². The van der Waals surface area contributed by atoms with Gasteiger partial charge in [0.1, 0.15) is 6.54 Å². The lowest BCUT2D eigenvalue weighted by Gasteiger charge is -2.11. The molecule has 0 aliphatic rings. The summed E-state index contributed by atoms with van der Waals surface area (Å²) in [5, 5.41) is 3.56. The standard InChI is InChI=1S/C20H19F3N2O/c1-13(2)14-6-7-18-15(10-14)8-9-25(18)12-19(26)24-17-5-3-4-16(11-17)20(21,22)23/h3-11,13H,12H2,1-2H3,(H,24,26). The van der Waals surface area contributed by atoms with Crippen LogP contribution in [0.5, 0.6) is 0 Å². The van der Waals surface area contributed by atoms with Crippen LogP contribution in [0.1, 0.15) is 30.9 Å². The topological polar surface area (TPSA) is 34.0 Å². The summed E-state index contributed by atoms with van der Waals surface area (Å²) >= 11 is 0. The van der Waals surface area contributed by atoms with Crippen LogP contribution in [0.3, 0.4) is 0 Å². The number of hydrogen-bond acceptors (Lipinski definition) is 1. The minimum absolute atomic E-state index is 0.0285. The van der Waals surface area contributed by atoms with Crippen LogP contribution < -0.4 is 5.32 Å². The Morgan fingerprint density at radius 3 is 2.58 bits per heavy atom. The van der Waals surface area contributed by atoms with Gasteiger partial charge >= 0.3 is 6.18 Å². The quantitative estimate of drug-likeness (QED) is 0.662. The molecule has 0 saturated carbocycles. The molecule has 0 unspecified atom stereocenters. The van der Waals surface area contributed by atoms with Crippen molar-refractivity contribution in [3.05, 3.63) is 65.9 Å². The number of nitrogens with one attached hydrogen (secondary N) is 1. The third-order valence-electron chi connectivity index (χ3n) is 4.25. The van der Waals surface area contributed by atoms with Crippen LogP contribution >= 0.6 is 0 Å². The average Bonchev–Trinajstić information content (AvgIpc) is 2.96. The monoisotopic (exact) mass is 360 g/mol. The molecule has 1 heterocycles. The van der Waals surface area contributed by atoms with Crippen molar-refractivity contribution >= 4 is 22.5 Å². The fraction of sp³-hybridized carbons (Fsp3) is 0.250. The van der Waals surface area contributed by atoms with Crippen LogP contribution in [0.25, 0.3) is 10.9 Å². The molecule has 0 radical (unpaired) electrons. The number of fused-ring (bicyclic) bond motifs is 1. The lowest BCUT2D eigenvalue weighted by molar-refractivity contribution is -0.137. The van der Waals surface area contributed by atoms with E-state index in [-0.39, 0.29) is 18.1 Å². The van der Waals surface area contributed by atoms with Crippen LogP contribution in [0.4, 0.5) is 18.9 Å². The van der Waals surface area contributed by atoms with Crippen LogP contribution in [0, 0.1) is 0 Å². The van der Waals surface area contributed by atoms with Crippen molar-refractivity contribution < 1.29 is 18.0 Å². The highest BCUT2D eigenvalue weighted by atomic mass is 19.4. The van der Waals surface area contributed by atoms with Gasteiger partial charge in [-0.3, -0.25) is 4.79 Å². The summed E-state index contributed by atoms with van der Waals surface area (Å²) in [6.07, 6.45) is -2.63. The van der Waals surface area contributed by atoms with Crippen LogP contribution in [-0.2, 0) is 17.5 Å². The lowest BCUT2D eigenvalue weighted by atomic mass is 10.0. The van der Waals surface area contributed by atoms with Crippen molar-refractivity contribution in [3.63, 3.8) is 0 Å². The Hall–Kier alpha value is -2.76. The van der Waals surface area contributed by atoms with Gasteiger partial charge < -0.3 is 9.88 Å². The van der Waals surface area contributed by atoms with Crippen LogP contribution in [0.15, 0.2) is 54.7 Å². The Labute approximate surface area is 149 Å². The van der Waals surface area contributed by atoms with Gasteiger partial charge in [-0.2, -0.15) is 13.2 Å². The van der Waals surface area contributed by atoms with E-state index in [0.29, 0.717) is 5.92 Å². The third-order valence-corrected chi connectivity index (χ3v) is 4.25. The largest absolute Gasteiger partial charge is 0.416 e. The molecule has 3 nitrogen and oxygen atoms in total. The number of hydrogen-bond donors (Lipinski definition) is 1. The fourth-order valence-corrected chi connectivity index (χ4v) is 2.84. The third kappa shape index (κ3) is 3.90. The Morgan fingerprint density at radius 2 is 1.88 bits per heavy atom. The van der Waals surface area contributed by atoms with Crippen molar-refractivity contribution in [2.24, 2.45) is 0 Å². The zero-order chi connectivity index (χ0) is 18.9. The zero-order valence-corrected chi connectivity index (χ0v) is 14.5. The second-order valence-corrected chi connectivity index (χ2v) is 6.54. The van der Waals surface area contributed by atoms with Gasteiger partial charge in [0.05, 0.1) is 5.56 Å². The number of benzene rings is 2. The van der Waals surface area contributed by atoms with Gasteiger partial charge in [-0.25, -0.2) is 0 Å². The van der Waals surface area contributed by atoms with E-state index in [4.69, 9.17) is 0 Å². The molecule has 0 atom stereocenters. The number of halogens is 3. The van der Waals surface area contributed by atoms with E-state index < -0.39 is 11.7 Å². The number of amides is 1. The second kappa shape index (κ2) is 6.86. The van der Waals surface area contributed by atoms with Gasteiger partial charge in [-0.15, -0.1) is 0 Å². The summed E-state index contributed by atoms with van der Waals surface area (Å²) in [7, 11) is 0. The van der Waals surface area contributed by atoms with Gasteiger partial charge in [-0.1, -0.05) is 26.0 Å². The Bertz CT molecular complexity index is 942. The first-order valence-electron chi connectivity index (χ1n) is 8.30. The smallest absolute Gasteiger partial charge is 0.338 e. The maximum Gasteiger partial charge on any atom is 0.416 e. The maximum absolute atomic E-state index is 12.8. The van der Waals surface area contributed by atoms with Gasteiger partial charge in [0.15, 0.2) is 0 Å². The predicted octanol–water partition coefficient (Wildman–Crippen LogP) is 5.42. The van der Waals surface area contributed by atoms with Gasteiger partial charge in [0.25, 0.3) is 0 Å².